The third-order valence-corrected chi connectivity index (χ3v) is 8.47. The zero-order valence-electron chi connectivity index (χ0n) is 26.1. The zero-order chi connectivity index (χ0) is 31.3. The van der Waals surface area contributed by atoms with Gasteiger partial charge < -0.3 is 14.6 Å². The minimum atomic E-state index is -2.67. The van der Waals surface area contributed by atoms with Crippen LogP contribution in [-0.4, -0.2) is 37.5 Å². The summed E-state index contributed by atoms with van der Waals surface area (Å²) in [6.45, 7) is 8.98. The molecule has 1 N–H and O–H groups in total. The fraction of sp³-hybridized carbons (Fsp3) is 0.529. The predicted molar refractivity (Wildman–Crippen MR) is 166 cm³/mol. The number of hydrogen-bond donors (Lipinski definition) is 1. The number of fused-ring (bicyclic) bond motifs is 1. The van der Waals surface area contributed by atoms with Crippen LogP contribution in [0.1, 0.15) is 112 Å². The molecular formula is C34H43F2N5O3. The van der Waals surface area contributed by atoms with E-state index in [2.05, 4.69) is 41.2 Å². The summed E-state index contributed by atoms with van der Waals surface area (Å²) in [6.07, 6.45) is 11.7. The number of nitrogens with zero attached hydrogens (tertiary/aromatic N) is 4. The van der Waals surface area contributed by atoms with E-state index in [1.807, 2.05) is 37.4 Å². The third kappa shape index (κ3) is 7.70. The molecule has 1 fully saturated rings. The van der Waals surface area contributed by atoms with Gasteiger partial charge in [0, 0.05) is 36.2 Å². The van der Waals surface area contributed by atoms with Crippen molar-refractivity contribution < 1.29 is 22.8 Å². The Bertz CT molecular complexity index is 1560. The summed E-state index contributed by atoms with van der Waals surface area (Å²) in [5, 5.41) is 6.98. The van der Waals surface area contributed by atoms with Crippen molar-refractivity contribution >= 4 is 17.2 Å². The SMILES string of the molecule is CCCCCCCCC(OCc1ccc2ncc(C(=O)Nc3cc(-c4noc(C5CC(F)(F)C5)n4)ccc3C)n2c1)C(C)C. The first kappa shape index (κ1) is 31.8. The maximum atomic E-state index is 13.4. The second-order valence-corrected chi connectivity index (χ2v) is 12.5. The van der Waals surface area contributed by atoms with Crippen molar-refractivity contribution in [1.29, 1.82) is 0 Å². The van der Waals surface area contributed by atoms with Crippen LogP contribution in [-0.2, 0) is 11.3 Å². The molecule has 0 bridgehead atoms. The van der Waals surface area contributed by atoms with Gasteiger partial charge in [0.15, 0.2) is 0 Å². The largest absolute Gasteiger partial charge is 0.373 e. The fourth-order valence-electron chi connectivity index (χ4n) is 5.65. The summed E-state index contributed by atoms with van der Waals surface area (Å²) in [7, 11) is 0. The molecular weight excluding hydrogens is 564 g/mol. The molecule has 3 heterocycles. The van der Waals surface area contributed by atoms with Crippen LogP contribution >= 0.6 is 0 Å². The molecule has 0 saturated heterocycles. The Balaban J connectivity index is 1.23. The van der Waals surface area contributed by atoms with E-state index in [1.54, 1.807) is 16.7 Å². The lowest BCUT2D eigenvalue weighted by Crippen LogP contribution is -2.33. The molecule has 4 aromatic rings. The van der Waals surface area contributed by atoms with Crippen molar-refractivity contribution in [3.63, 3.8) is 0 Å². The van der Waals surface area contributed by atoms with Crippen LogP contribution in [0.25, 0.3) is 17.0 Å². The molecule has 1 amide bonds. The van der Waals surface area contributed by atoms with E-state index in [-0.39, 0.29) is 30.7 Å². The molecule has 1 unspecified atom stereocenters. The van der Waals surface area contributed by atoms with Gasteiger partial charge >= 0.3 is 0 Å². The van der Waals surface area contributed by atoms with Gasteiger partial charge in [0.05, 0.1) is 18.9 Å². The molecule has 5 rings (SSSR count). The minimum absolute atomic E-state index is 0.183. The van der Waals surface area contributed by atoms with Crippen molar-refractivity contribution in [1.82, 2.24) is 19.5 Å². The van der Waals surface area contributed by atoms with Crippen molar-refractivity contribution in [2.75, 3.05) is 5.32 Å². The Morgan fingerprint density at radius 3 is 2.66 bits per heavy atom. The van der Waals surface area contributed by atoms with E-state index in [9.17, 15) is 13.6 Å². The van der Waals surface area contributed by atoms with Crippen LogP contribution in [0.15, 0.2) is 47.2 Å². The average molecular weight is 608 g/mol. The second kappa shape index (κ2) is 14.0. The number of hydrogen-bond acceptors (Lipinski definition) is 6. The molecule has 1 aliphatic rings. The third-order valence-electron chi connectivity index (χ3n) is 8.47. The van der Waals surface area contributed by atoms with Crippen molar-refractivity contribution in [2.24, 2.45) is 5.92 Å². The number of halogens is 2. The van der Waals surface area contributed by atoms with Crippen LogP contribution in [0.3, 0.4) is 0 Å². The van der Waals surface area contributed by atoms with Gasteiger partial charge in [-0.05, 0) is 42.5 Å². The molecule has 0 radical (unpaired) electrons. The lowest BCUT2D eigenvalue weighted by molar-refractivity contribution is -0.0925. The van der Waals surface area contributed by atoms with Gasteiger partial charge in [0.25, 0.3) is 5.91 Å². The number of anilines is 1. The highest BCUT2D eigenvalue weighted by atomic mass is 19.3. The number of ether oxygens (including phenoxy) is 1. The molecule has 44 heavy (non-hydrogen) atoms. The number of unbranched alkanes of at least 4 members (excludes halogenated alkanes) is 5. The molecule has 1 saturated carbocycles. The second-order valence-electron chi connectivity index (χ2n) is 12.5. The van der Waals surface area contributed by atoms with Gasteiger partial charge in [-0.2, -0.15) is 4.98 Å². The predicted octanol–water partition coefficient (Wildman–Crippen LogP) is 8.75. The Morgan fingerprint density at radius 2 is 1.91 bits per heavy atom. The van der Waals surface area contributed by atoms with Crippen molar-refractivity contribution in [3.05, 3.63) is 65.4 Å². The van der Waals surface area contributed by atoms with Gasteiger partial charge in [-0.25, -0.2) is 13.8 Å². The normalized spacial score (nSPS) is 15.5. The van der Waals surface area contributed by atoms with E-state index in [0.717, 1.165) is 17.5 Å². The van der Waals surface area contributed by atoms with E-state index in [1.165, 1.54) is 38.5 Å². The van der Waals surface area contributed by atoms with Crippen LogP contribution in [0.5, 0.6) is 0 Å². The van der Waals surface area contributed by atoms with Crippen LogP contribution in [0.4, 0.5) is 14.5 Å². The first-order valence-corrected chi connectivity index (χ1v) is 15.8. The highest BCUT2D eigenvalue weighted by molar-refractivity contribution is 6.04. The maximum absolute atomic E-state index is 13.4. The van der Waals surface area contributed by atoms with Crippen LogP contribution in [0.2, 0.25) is 0 Å². The molecule has 236 valence electrons. The number of benzene rings is 1. The summed E-state index contributed by atoms with van der Waals surface area (Å²) in [6, 6.07) is 9.30. The van der Waals surface area contributed by atoms with Crippen molar-refractivity contribution in [3.8, 4) is 11.4 Å². The number of aryl methyl sites for hydroxylation is 1. The van der Waals surface area contributed by atoms with Gasteiger partial charge in [-0.1, -0.05) is 82.7 Å². The Kier molecular flexibility index (Phi) is 10.1. The zero-order valence-corrected chi connectivity index (χ0v) is 26.1. The minimum Gasteiger partial charge on any atom is -0.373 e. The first-order valence-electron chi connectivity index (χ1n) is 15.8. The monoisotopic (exact) mass is 607 g/mol. The van der Waals surface area contributed by atoms with Gasteiger partial charge in [0.2, 0.25) is 17.6 Å². The van der Waals surface area contributed by atoms with Crippen molar-refractivity contribution in [2.45, 2.75) is 110 Å². The highest BCUT2D eigenvalue weighted by Gasteiger charge is 2.48. The molecule has 0 spiro atoms. The standard InChI is InChI=1S/C34H43F2N5O3/c1-5-6-7-8-9-10-11-29(22(2)3)43-21-24-13-15-30-37-19-28(41(30)20-24)32(42)38-27-16-25(14-12-23(27)4)31-39-33(44-40-31)26-17-34(35,36)18-26/h12-16,19-20,22,26,29H,5-11,17-18,21H2,1-4H3,(H,38,42). The molecule has 1 aromatic carbocycles. The number of imidazole rings is 1. The lowest BCUT2D eigenvalue weighted by Gasteiger charge is -2.31. The summed E-state index contributed by atoms with van der Waals surface area (Å²) >= 11 is 0. The van der Waals surface area contributed by atoms with E-state index >= 15 is 0 Å². The van der Waals surface area contributed by atoms with E-state index < -0.39 is 11.8 Å². The first-order chi connectivity index (χ1) is 21.1. The topological polar surface area (TPSA) is 94.5 Å². The molecule has 10 heteroatoms. The number of carbonyl (C=O) groups excluding carboxylic acids is 1. The average Bonchev–Trinajstić information content (AvgIpc) is 3.63. The quantitative estimate of drug-likeness (QED) is 0.136. The van der Waals surface area contributed by atoms with Gasteiger partial charge in [-0.15, -0.1) is 0 Å². The summed E-state index contributed by atoms with van der Waals surface area (Å²) < 4.78 is 40.0. The maximum Gasteiger partial charge on any atom is 0.274 e. The Morgan fingerprint density at radius 1 is 1.14 bits per heavy atom. The summed E-state index contributed by atoms with van der Waals surface area (Å²) in [4.78, 5) is 22.2. The number of carbonyl (C=O) groups is 1. The molecule has 8 nitrogen and oxygen atoms in total. The van der Waals surface area contributed by atoms with Gasteiger partial charge in [0.1, 0.15) is 11.3 Å². The number of alkyl halides is 2. The number of aromatic nitrogens is 4. The number of amides is 1. The Hall–Kier alpha value is -3.66. The smallest absolute Gasteiger partial charge is 0.274 e. The highest BCUT2D eigenvalue weighted by Crippen LogP contribution is 2.48. The summed E-state index contributed by atoms with van der Waals surface area (Å²) in [5.41, 5.74) is 4.07. The van der Waals surface area contributed by atoms with Gasteiger partial charge in [-0.3, -0.25) is 9.20 Å². The van der Waals surface area contributed by atoms with E-state index in [0.29, 0.717) is 40.9 Å². The molecule has 1 aliphatic carbocycles. The van der Waals surface area contributed by atoms with E-state index in [4.69, 9.17) is 9.26 Å². The molecule has 0 aliphatic heterocycles. The summed E-state index contributed by atoms with van der Waals surface area (Å²) in [5.74, 6) is -2.49. The molecule has 3 aromatic heterocycles. The Labute approximate surface area is 257 Å². The molecule has 1 atom stereocenters. The van der Waals surface area contributed by atoms with Crippen LogP contribution in [0, 0.1) is 12.8 Å². The number of nitrogens with one attached hydrogen (secondary N) is 1. The fourth-order valence-corrected chi connectivity index (χ4v) is 5.65. The number of rotatable bonds is 15. The lowest BCUT2D eigenvalue weighted by atomic mass is 9.81. The number of pyridine rings is 1. The van der Waals surface area contributed by atoms with Crippen LogP contribution < -0.4 is 5.32 Å².